The number of aliphatic hydroxyl groups excluding tert-OH is 1. The molecule has 8 aromatic rings. The number of benzene rings is 2. The Morgan fingerprint density at radius 1 is 0.769 bits per heavy atom. The van der Waals surface area contributed by atoms with Gasteiger partial charge in [-0.25, -0.2) is 29.9 Å². The molecule has 15 heteroatoms. The number of aromatic amines is 2. The second-order valence-corrected chi connectivity index (χ2v) is 17.6. The van der Waals surface area contributed by atoms with Gasteiger partial charge in [0.2, 0.25) is 0 Å². The third-order valence-electron chi connectivity index (χ3n) is 13.2. The zero-order chi connectivity index (χ0) is 44.9. The van der Waals surface area contributed by atoms with Crippen LogP contribution in [0.25, 0.3) is 44.1 Å². The average Bonchev–Trinajstić information content (AvgIpc) is 3.99. The number of likely N-dealkylation sites (tertiary alicyclic amines) is 1. The predicted octanol–water partition coefficient (Wildman–Crippen LogP) is 8.32. The molecule has 9 heterocycles. The monoisotopic (exact) mass is 876 g/mol. The molecular weight excluding hydrogens is 815 g/mol. The number of fused-ring (bicyclic) bond motifs is 4. The number of aliphatic hydroxyl groups is 1. The largest absolute Gasteiger partial charge is 0.495 e. The number of H-pyrrole nitrogens is 2. The molecule has 338 valence electrons. The van der Waals surface area contributed by atoms with Gasteiger partial charge in [0.15, 0.2) is 11.3 Å². The van der Waals surface area contributed by atoms with Crippen molar-refractivity contribution in [1.82, 2.24) is 44.8 Å². The number of aromatic nitrogens is 8. The molecule has 5 N–H and O–H groups in total. The number of hydrogen-bond acceptors (Lipinski definition) is 13. The van der Waals surface area contributed by atoms with Crippen LogP contribution in [0.15, 0.2) is 85.5 Å². The number of aryl methyl sites for hydroxylation is 1. The van der Waals surface area contributed by atoms with E-state index in [-0.39, 0.29) is 6.61 Å². The van der Waals surface area contributed by atoms with E-state index in [0.29, 0.717) is 41.5 Å². The molecule has 3 aliphatic heterocycles. The number of methoxy groups -OCH3 is 1. The van der Waals surface area contributed by atoms with Gasteiger partial charge >= 0.3 is 0 Å². The number of piperidine rings is 2. The van der Waals surface area contributed by atoms with Gasteiger partial charge in [-0.1, -0.05) is 32.0 Å². The molecule has 0 atom stereocenters. The van der Waals surface area contributed by atoms with Gasteiger partial charge in [0.25, 0.3) is 0 Å². The van der Waals surface area contributed by atoms with Gasteiger partial charge in [-0.05, 0) is 116 Å². The molecule has 2 aromatic carbocycles. The van der Waals surface area contributed by atoms with Crippen LogP contribution in [-0.4, -0.2) is 110 Å². The zero-order valence-corrected chi connectivity index (χ0v) is 38.2. The van der Waals surface area contributed by atoms with Crippen LogP contribution >= 0.6 is 0 Å². The third-order valence-corrected chi connectivity index (χ3v) is 13.2. The summed E-state index contributed by atoms with van der Waals surface area (Å²) < 4.78 is 5.51. The van der Waals surface area contributed by atoms with Crippen LogP contribution in [0.4, 0.5) is 23.3 Å². The number of ether oxygens (including phenoxy) is 1. The van der Waals surface area contributed by atoms with Crippen molar-refractivity contribution in [2.24, 2.45) is 11.3 Å². The minimum atomic E-state index is 0.274. The van der Waals surface area contributed by atoms with Crippen LogP contribution in [0.1, 0.15) is 56.2 Å². The summed E-state index contributed by atoms with van der Waals surface area (Å²) in [5.74, 6) is 4.63. The Bertz CT molecular complexity index is 2870. The zero-order valence-electron chi connectivity index (χ0n) is 38.2. The van der Waals surface area contributed by atoms with E-state index in [0.717, 1.165) is 84.3 Å². The summed E-state index contributed by atoms with van der Waals surface area (Å²) in [4.78, 5) is 41.8. The molecule has 1 spiro atoms. The molecule has 0 unspecified atom stereocenters. The van der Waals surface area contributed by atoms with E-state index in [9.17, 15) is 5.11 Å². The quantitative estimate of drug-likeness (QED) is 0.0889. The first-order valence-corrected chi connectivity index (χ1v) is 23.1. The molecule has 0 amide bonds. The second kappa shape index (κ2) is 19.3. The first-order chi connectivity index (χ1) is 31.8. The van der Waals surface area contributed by atoms with Crippen molar-refractivity contribution in [3.8, 4) is 5.75 Å². The lowest BCUT2D eigenvalue weighted by molar-refractivity contribution is 0.00122. The van der Waals surface area contributed by atoms with Gasteiger partial charge in [-0.2, -0.15) is 0 Å². The summed E-state index contributed by atoms with van der Waals surface area (Å²) in [6.07, 6.45) is 12.0. The van der Waals surface area contributed by atoms with Crippen LogP contribution < -0.4 is 25.2 Å². The molecule has 0 aliphatic carbocycles. The fourth-order valence-corrected chi connectivity index (χ4v) is 9.64. The van der Waals surface area contributed by atoms with Gasteiger partial charge in [0, 0.05) is 82.3 Å². The Kier molecular flexibility index (Phi) is 12.9. The maximum absolute atomic E-state index is 9.33. The number of nitrogens with one attached hydrogen (secondary N) is 4. The van der Waals surface area contributed by atoms with Crippen molar-refractivity contribution >= 4 is 67.4 Å². The Morgan fingerprint density at radius 2 is 1.42 bits per heavy atom. The minimum absolute atomic E-state index is 0.274. The highest BCUT2D eigenvalue weighted by Crippen LogP contribution is 2.40. The van der Waals surface area contributed by atoms with E-state index in [2.05, 4.69) is 101 Å². The Hall–Kier alpha value is -6.58. The normalized spacial score (nSPS) is 16.3. The fourth-order valence-electron chi connectivity index (χ4n) is 9.64. The Labute approximate surface area is 380 Å². The molecule has 0 saturated carbocycles. The van der Waals surface area contributed by atoms with E-state index in [1.165, 1.54) is 53.4 Å². The Balaban J connectivity index is 0.000000160. The third kappa shape index (κ3) is 9.48. The lowest BCUT2D eigenvalue weighted by atomic mass is 9.72. The fraction of sp³-hybridized carbons (Fsp3) is 0.400. The molecule has 0 bridgehead atoms. The van der Waals surface area contributed by atoms with Crippen molar-refractivity contribution < 1.29 is 9.84 Å². The summed E-state index contributed by atoms with van der Waals surface area (Å²) in [6.45, 7) is 14.1. The molecule has 0 radical (unpaired) electrons. The van der Waals surface area contributed by atoms with E-state index in [1.54, 1.807) is 19.5 Å². The Morgan fingerprint density at radius 3 is 2.05 bits per heavy atom. The highest BCUT2D eigenvalue weighted by molar-refractivity contribution is 5.91. The molecule has 3 fully saturated rings. The number of nitrogens with zero attached hydrogens (tertiary/aromatic N) is 9. The minimum Gasteiger partial charge on any atom is -0.495 e. The molecule has 3 saturated heterocycles. The smallest absolute Gasteiger partial charge is 0.182 e. The SMILES string of the molecule is CC.COc1ccc(CNc2cnc3ccc(N4CCC5(CC4)CN(C)C5)nc3n2)c2c(C)c[nH]c12.OCC1CCN(c2ccc3ncc(NCc4ccc5cc[nH]c5c4)nc3n2)CC1. The second-order valence-electron chi connectivity index (χ2n) is 17.6. The number of hydrogen-bond donors (Lipinski definition) is 5. The summed E-state index contributed by atoms with van der Waals surface area (Å²) in [7, 11) is 3.91. The molecule has 3 aliphatic rings. The molecule has 11 rings (SSSR count). The van der Waals surface area contributed by atoms with E-state index >= 15 is 0 Å². The van der Waals surface area contributed by atoms with Crippen molar-refractivity contribution in [2.75, 3.05) is 80.5 Å². The van der Waals surface area contributed by atoms with Crippen LogP contribution in [0.2, 0.25) is 0 Å². The maximum atomic E-state index is 9.33. The van der Waals surface area contributed by atoms with Gasteiger partial charge in [-0.15, -0.1) is 0 Å². The lowest BCUT2D eigenvalue weighted by Crippen LogP contribution is -2.58. The summed E-state index contributed by atoms with van der Waals surface area (Å²) in [5.41, 5.74) is 9.17. The van der Waals surface area contributed by atoms with Crippen molar-refractivity contribution in [1.29, 1.82) is 0 Å². The lowest BCUT2D eigenvalue weighted by Gasteiger charge is -2.53. The standard InChI is InChI=1S/C26H31N7O.C22H24N6O.C2H6/c1-17-12-29-24-20(34-3)6-4-18(23(17)24)13-28-21-14-27-19-5-7-22(31-25(19)30-21)33-10-8-26(9-11-33)15-32(2)16-26;29-14-15-6-9-28(10-7-15)21-4-3-18-22(27-21)26-20(13-24-18)25-12-16-1-2-17-5-8-23-19(17)11-16;1-2/h4-7,12,14,29H,8-11,13,15-16H2,1-3H3,(H,28,30,31);1-5,8,11,13,15,23,29H,6-7,9-10,12,14H2,(H,25,26,27);1-2H3. The van der Waals surface area contributed by atoms with Crippen molar-refractivity contribution in [3.63, 3.8) is 0 Å². The molecule has 15 nitrogen and oxygen atoms in total. The van der Waals surface area contributed by atoms with E-state index < -0.39 is 0 Å². The van der Waals surface area contributed by atoms with Crippen LogP contribution in [0.3, 0.4) is 0 Å². The predicted molar refractivity (Wildman–Crippen MR) is 262 cm³/mol. The average molecular weight is 876 g/mol. The number of pyridine rings is 2. The topological polar surface area (TPSA) is 172 Å². The molecule has 6 aromatic heterocycles. The van der Waals surface area contributed by atoms with Crippen LogP contribution in [0, 0.1) is 18.3 Å². The maximum Gasteiger partial charge on any atom is 0.182 e. The summed E-state index contributed by atoms with van der Waals surface area (Å²) >= 11 is 0. The first kappa shape index (κ1) is 43.7. The van der Waals surface area contributed by atoms with Gasteiger partial charge in [0.05, 0.1) is 25.0 Å². The highest BCUT2D eigenvalue weighted by Gasteiger charge is 2.43. The van der Waals surface area contributed by atoms with Crippen LogP contribution in [0.5, 0.6) is 5.75 Å². The van der Waals surface area contributed by atoms with Gasteiger partial charge < -0.3 is 45.1 Å². The van der Waals surface area contributed by atoms with Crippen molar-refractivity contribution in [3.05, 3.63) is 102 Å². The van der Waals surface area contributed by atoms with Gasteiger partial charge in [0.1, 0.15) is 40.1 Å². The molecular formula is C50H61N13O2. The molecule has 65 heavy (non-hydrogen) atoms. The first-order valence-electron chi connectivity index (χ1n) is 23.1. The number of anilines is 4. The van der Waals surface area contributed by atoms with Gasteiger partial charge in [-0.3, -0.25) is 0 Å². The van der Waals surface area contributed by atoms with E-state index in [4.69, 9.17) is 19.7 Å². The number of rotatable bonds is 10. The van der Waals surface area contributed by atoms with E-state index in [1.807, 2.05) is 50.5 Å². The summed E-state index contributed by atoms with van der Waals surface area (Å²) in [6, 6.07) is 20.6. The summed E-state index contributed by atoms with van der Waals surface area (Å²) in [5, 5.41) is 18.5. The van der Waals surface area contributed by atoms with Crippen molar-refractivity contribution in [2.45, 2.75) is 59.5 Å². The van der Waals surface area contributed by atoms with Crippen LogP contribution in [-0.2, 0) is 13.1 Å². The highest BCUT2D eigenvalue weighted by atomic mass is 16.5.